The van der Waals surface area contributed by atoms with E-state index in [1.54, 1.807) is 0 Å². The lowest BCUT2D eigenvalue weighted by Gasteiger charge is -2.30. The summed E-state index contributed by atoms with van der Waals surface area (Å²) >= 11 is 0. The zero-order valence-corrected chi connectivity index (χ0v) is 6.27. The fraction of sp³-hybridized carbons (Fsp3) is 0.875. The van der Waals surface area contributed by atoms with Crippen LogP contribution in [0.2, 0.25) is 0 Å². The molecule has 0 aromatic heterocycles. The molecule has 2 aliphatic rings. The first-order valence-electron chi connectivity index (χ1n) is 4.13. The van der Waals surface area contributed by atoms with Crippen molar-refractivity contribution < 1.29 is 0 Å². The van der Waals surface area contributed by atoms with Crippen molar-refractivity contribution >= 4 is 6.21 Å². The SMILES string of the molecule is C1=NCCC12CCCNC2. The van der Waals surface area contributed by atoms with Gasteiger partial charge in [0.25, 0.3) is 0 Å². The molecule has 2 heterocycles. The average molecular weight is 138 g/mol. The normalized spacial score (nSPS) is 39.2. The van der Waals surface area contributed by atoms with Gasteiger partial charge in [0.05, 0.1) is 0 Å². The number of piperidine rings is 1. The van der Waals surface area contributed by atoms with Crippen molar-refractivity contribution in [2.24, 2.45) is 10.4 Å². The summed E-state index contributed by atoms with van der Waals surface area (Å²) in [6.07, 6.45) is 6.13. The van der Waals surface area contributed by atoms with Crippen molar-refractivity contribution in [2.45, 2.75) is 19.3 Å². The number of nitrogens with zero attached hydrogens (tertiary/aromatic N) is 1. The second-order valence-electron chi connectivity index (χ2n) is 3.43. The molecule has 1 spiro atoms. The third kappa shape index (κ3) is 0.966. The van der Waals surface area contributed by atoms with E-state index in [1.807, 2.05) is 0 Å². The van der Waals surface area contributed by atoms with Crippen LogP contribution < -0.4 is 5.32 Å². The minimum atomic E-state index is 0.470. The summed E-state index contributed by atoms with van der Waals surface area (Å²) in [5.74, 6) is 0. The first-order chi connectivity index (χ1) is 4.91. The lowest BCUT2D eigenvalue weighted by molar-refractivity contribution is 0.309. The topological polar surface area (TPSA) is 24.4 Å². The highest BCUT2D eigenvalue weighted by atomic mass is 14.9. The van der Waals surface area contributed by atoms with Crippen LogP contribution in [0.4, 0.5) is 0 Å². The fourth-order valence-corrected chi connectivity index (χ4v) is 1.92. The number of nitrogens with one attached hydrogen (secondary N) is 1. The maximum Gasteiger partial charge on any atom is 0.0394 e. The minimum Gasteiger partial charge on any atom is -0.316 e. The van der Waals surface area contributed by atoms with Gasteiger partial charge in [0.2, 0.25) is 0 Å². The van der Waals surface area contributed by atoms with Crippen molar-refractivity contribution in [3.8, 4) is 0 Å². The molecule has 10 heavy (non-hydrogen) atoms. The molecule has 1 saturated heterocycles. The second kappa shape index (κ2) is 2.35. The quantitative estimate of drug-likeness (QED) is 0.527. The summed E-state index contributed by atoms with van der Waals surface area (Å²) in [7, 11) is 0. The van der Waals surface area contributed by atoms with Gasteiger partial charge in [-0.2, -0.15) is 0 Å². The third-order valence-corrected chi connectivity index (χ3v) is 2.61. The minimum absolute atomic E-state index is 0.470. The van der Waals surface area contributed by atoms with Crippen LogP contribution >= 0.6 is 0 Å². The van der Waals surface area contributed by atoms with E-state index < -0.39 is 0 Å². The highest BCUT2D eigenvalue weighted by Crippen LogP contribution is 2.31. The molecule has 56 valence electrons. The van der Waals surface area contributed by atoms with Crippen molar-refractivity contribution in [3.63, 3.8) is 0 Å². The van der Waals surface area contributed by atoms with Gasteiger partial charge in [-0.3, -0.25) is 4.99 Å². The molecule has 0 bridgehead atoms. The Morgan fingerprint density at radius 1 is 1.40 bits per heavy atom. The lowest BCUT2D eigenvalue weighted by Crippen LogP contribution is -2.39. The smallest absolute Gasteiger partial charge is 0.0394 e. The van der Waals surface area contributed by atoms with Crippen LogP contribution in [-0.4, -0.2) is 25.8 Å². The zero-order chi connectivity index (χ0) is 6.86. The van der Waals surface area contributed by atoms with Gasteiger partial charge in [0, 0.05) is 24.7 Å². The predicted octanol–water partition coefficient (Wildman–Crippen LogP) is 0.831. The Morgan fingerprint density at radius 3 is 3.00 bits per heavy atom. The summed E-state index contributed by atoms with van der Waals surface area (Å²) < 4.78 is 0. The van der Waals surface area contributed by atoms with Crippen LogP contribution in [0.5, 0.6) is 0 Å². The van der Waals surface area contributed by atoms with Crippen LogP contribution in [-0.2, 0) is 0 Å². The second-order valence-corrected chi connectivity index (χ2v) is 3.43. The molecular formula is C8H14N2. The van der Waals surface area contributed by atoms with Gasteiger partial charge in [0.1, 0.15) is 0 Å². The molecule has 2 heteroatoms. The van der Waals surface area contributed by atoms with E-state index in [9.17, 15) is 0 Å². The maximum atomic E-state index is 4.30. The molecule has 0 aromatic carbocycles. The molecule has 1 N–H and O–H groups in total. The van der Waals surface area contributed by atoms with Gasteiger partial charge in [-0.1, -0.05) is 0 Å². The fourth-order valence-electron chi connectivity index (χ4n) is 1.92. The van der Waals surface area contributed by atoms with Gasteiger partial charge < -0.3 is 5.32 Å². The average Bonchev–Trinajstić information content (AvgIpc) is 2.39. The zero-order valence-electron chi connectivity index (χ0n) is 6.27. The Morgan fingerprint density at radius 2 is 2.40 bits per heavy atom. The molecule has 1 fully saturated rings. The molecular weight excluding hydrogens is 124 g/mol. The molecule has 0 radical (unpaired) electrons. The maximum absolute atomic E-state index is 4.30. The number of hydrogen-bond donors (Lipinski definition) is 1. The van der Waals surface area contributed by atoms with E-state index in [2.05, 4.69) is 16.5 Å². The molecule has 0 amide bonds. The molecule has 0 aromatic rings. The van der Waals surface area contributed by atoms with Crippen molar-refractivity contribution in [1.29, 1.82) is 0 Å². The van der Waals surface area contributed by atoms with Crippen LogP contribution in [0, 0.1) is 5.41 Å². The molecule has 2 nitrogen and oxygen atoms in total. The molecule has 0 aliphatic carbocycles. The first-order valence-corrected chi connectivity index (χ1v) is 4.13. The van der Waals surface area contributed by atoms with E-state index >= 15 is 0 Å². The Bertz CT molecular complexity index is 145. The Balaban J connectivity index is 2.05. The van der Waals surface area contributed by atoms with E-state index in [-0.39, 0.29) is 0 Å². The summed E-state index contributed by atoms with van der Waals surface area (Å²) in [6, 6.07) is 0. The van der Waals surface area contributed by atoms with E-state index in [4.69, 9.17) is 0 Å². The third-order valence-electron chi connectivity index (χ3n) is 2.61. The Labute approximate surface area is 61.7 Å². The lowest BCUT2D eigenvalue weighted by atomic mass is 9.81. The van der Waals surface area contributed by atoms with Crippen LogP contribution in [0.3, 0.4) is 0 Å². The van der Waals surface area contributed by atoms with Crippen LogP contribution in [0.15, 0.2) is 4.99 Å². The van der Waals surface area contributed by atoms with Gasteiger partial charge in [-0.15, -0.1) is 0 Å². The van der Waals surface area contributed by atoms with Gasteiger partial charge in [-0.05, 0) is 25.8 Å². The van der Waals surface area contributed by atoms with Gasteiger partial charge in [-0.25, -0.2) is 0 Å². The Hall–Kier alpha value is -0.370. The van der Waals surface area contributed by atoms with Crippen molar-refractivity contribution in [1.82, 2.24) is 5.32 Å². The molecule has 2 aliphatic heterocycles. The first kappa shape index (κ1) is 6.35. The standard InChI is InChI=1S/C8H14N2/c1-2-8(6-9-4-1)3-5-10-7-8/h7,9H,1-6H2. The monoisotopic (exact) mass is 138 g/mol. The van der Waals surface area contributed by atoms with Crippen LogP contribution in [0.1, 0.15) is 19.3 Å². The van der Waals surface area contributed by atoms with E-state index in [0.29, 0.717) is 5.41 Å². The van der Waals surface area contributed by atoms with Gasteiger partial charge >= 0.3 is 0 Å². The largest absolute Gasteiger partial charge is 0.316 e. The number of hydrogen-bond acceptors (Lipinski definition) is 2. The molecule has 1 unspecified atom stereocenters. The van der Waals surface area contributed by atoms with Crippen LogP contribution in [0.25, 0.3) is 0 Å². The summed E-state index contributed by atoms with van der Waals surface area (Å²) in [5.41, 5.74) is 0.470. The highest BCUT2D eigenvalue weighted by Gasteiger charge is 2.32. The van der Waals surface area contributed by atoms with Gasteiger partial charge in [0.15, 0.2) is 0 Å². The predicted molar refractivity (Wildman–Crippen MR) is 42.5 cm³/mol. The summed E-state index contributed by atoms with van der Waals surface area (Å²) in [6.45, 7) is 3.42. The molecule has 1 atom stereocenters. The molecule has 2 rings (SSSR count). The van der Waals surface area contributed by atoms with E-state index in [0.717, 1.165) is 13.1 Å². The Kier molecular flexibility index (Phi) is 1.49. The summed E-state index contributed by atoms with van der Waals surface area (Å²) in [4.78, 5) is 4.30. The number of rotatable bonds is 0. The number of aliphatic imine (C=N–C) groups is 1. The van der Waals surface area contributed by atoms with Crippen molar-refractivity contribution in [3.05, 3.63) is 0 Å². The summed E-state index contributed by atoms with van der Waals surface area (Å²) in [5, 5.41) is 3.43. The molecule has 0 saturated carbocycles. The highest BCUT2D eigenvalue weighted by molar-refractivity contribution is 5.68. The van der Waals surface area contributed by atoms with Crippen molar-refractivity contribution in [2.75, 3.05) is 19.6 Å². The van der Waals surface area contributed by atoms with E-state index in [1.165, 1.54) is 25.8 Å².